The lowest BCUT2D eigenvalue weighted by Crippen LogP contribution is -2.42. The predicted molar refractivity (Wildman–Crippen MR) is 69.6 cm³/mol. The zero-order valence-corrected chi connectivity index (χ0v) is 10.6. The first-order valence-electron chi connectivity index (χ1n) is 6.83. The van der Waals surface area contributed by atoms with Gasteiger partial charge in [0.15, 0.2) is 0 Å². The smallest absolute Gasteiger partial charge is 0.253 e. The number of aryl methyl sites for hydroxylation is 2. The van der Waals surface area contributed by atoms with Crippen molar-refractivity contribution in [1.29, 1.82) is 0 Å². The van der Waals surface area contributed by atoms with Crippen molar-refractivity contribution in [2.24, 2.45) is 0 Å². The molecule has 1 aliphatic carbocycles. The Morgan fingerprint density at radius 3 is 2.89 bits per heavy atom. The monoisotopic (exact) mass is 245 g/mol. The van der Waals surface area contributed by atoms with Gasteiger partial charge in [0.05, 0.1) is 6.10 Å². The fraction of sp³-hybridized carbons (Fsp3) is 0.533. The van der Waals surface area contributed by atoms with Crippen molar-refractivity contribution in [2.45, 2.75) is 38.2 Å². The van der Waals surface area contributed by atoms with Crippen molar-refractivity contribution < 1.29 is 9.90 Å². The van der Waals surface area contributed by atoms with Crippen LogP contribution in [0.2, 0.25) is 0 Å². The maximum atomic E-state index is 12.4. The molecule has 3 nitrogen and oxygen atoms in total. The van der Waals surface area contributed by atoms with Gasteiger partial charge in [-0.15, -0.1) is 0 Å². The SMILES string of the molecule is O=C(c1ccc2c(c1)CCC2)N1CCCC(O)C1. The molecule has 0 aromatic heterocycles. The minimum absolute atomic E-state index is 0.0726. The second kappa shape index (κ2) is 4.73. The average Bonchev–Trinajstić information content (AvgIpc) is 2.85. The van der Waals surface area contributed by atoms with E-state index in [4.69, 9.17) is 0 Å². The standard InChI is InChI=1S/C15H19NO2/c17-14-5-2-8-16(10-14)15(18)13-7-6-11-3-1-4-12(11)9-13/h6-7,9,14,17H,1-5,8,10H2. The largest absolute Gasteiger partial charge is 0.391 e. The molecule has 1 amide bonds. The molecule has 3 rings (SSSR count). The summed E-state index contributed by atoms with van der Waals surface area (Å²) in [5.41, 5.74) is 3.51. The topological polar surface area (TPSA) is 40.5 Å². The van der Waals surface area contributed by atoms with Gasteiger partial charge in [-0.3, -0.25) is 4.79 Å². The molecule has 18 heavy (non-hydrogen) atoms. The van der Waals surface area contributed by atoms with Crippen LogP contribution in [-0.4, -0.2) is 35.1 Å². The highest BCUT2D eigenvalue weighted by Crippen LogP contribution is 2.24. The molecule has 1 saturated heterocycles. The van der Waals surface area contributed by atoms with Crippen LogP contribution >= 0.6 is 0 Å². The molecule has 0 radical (unpaired) electrons. The van der Waals surface area contributed by atoms with E-state index in [9.17, 15) is 9.90 Å². The number of likely N-dealkylation sites (tertiary alicyclic amines) is 1. The van der Waals surface area contributed by atoms with Crippen molar-refractivity contribution >= 4 is 5.91 Å². The van der Waals surface area contributed by atoms with E-state index in [1.165, 1.54) is 17.5 Å². The van der Waals surface area contributed by atoms with Crippen LogP contribution in [0.1, 0.15) is 40.7 Å². The molecule has 0 saturated carbocycles. The van der Waals surface area contributed by atoms with Gasteiger partial charge in [0, 0.05) is 18.7 Å². The molecule has 1 N–H and O–H groups in total. The molecule has 0 spiro atoms. The van der Waals surface area contributed by atoms with E-state index in [0.29, 0.717) is 6.54 Å². The van der Waals surface area contributed by atoms with E-state index < -0.39 is 0 Å². The highest BCUT2D eigenvalue weighted by atomic mass is 16.3. The number of piperidine rings is 1. The Hall–Kier alpha value is -1.35. The van der Waals surface area contributed by atoms with Crippen LogP contribution < -0.4 is 0 Å². The van der Waals surface area contributed by atoms with Crippen LogP contribution in [0, 0.1) is 0 Å². The van der Waals surface area contributed by atoms with Crippen molar-refractivity contribution in [3.05, 3.63) is 34.9 Å². The number of hydrogen-bond acceptors (Lipinski definition) is 2. The summed E-state index contributed by atoms with van der Waals surface area (Å²) in [6, 6.07) is 6.08. The second-order valence-corrected chi connectivity index (χ2v) is 5.38. The number of aliphatic hydroxyl groups excluding tert-OH is 1. The van der Waals surface area contributed by atoms with Gasteiger partial charge in [0.1, 0.15) is 0 Å². The first kappa shape index (κ1) is 11.7. The normalized spacial score (nSPS) is 22.9. The Morgan fingerprint density at radius 2 is 2.06 bits per heavy atom. The molecule has 2 aliphatic rings. The van der Waals surface area contributed by atoms with Crippen LogP contribution in [0.25, 0.3) is 0 Å². The maximum absolute atomic E-state index is 12.4. The Morgan fingerprint density at radius 1 is 1.22 bits per heavy atom. The van der Waals surface area contributed by atoms with E-state index in [-0.39, 0.29) is 12.0 Å². The number of fused-ring (bicyclic) bond motifs is 1. The van der Waals surface area contributed by atoms with Crippen LogP contribution in [0.3, 0.4) is 0 Å². The van der Waals surface area contributed by atoms with Crippen molar-refractivity contribution in [3.63, 3.8) is 0 Å². The summed E-state index contributed by atoms with van der Waals surface area (Å²) in [6.07, 6.45) is 4.81. The van der Waals surface area contributed by atoms with Crippen LogP contribution in [0.5, 0.6) is 0 Å². The lowest BCUT2D eigenvalue weighted by Gasteiger charge is -2.30. The van der Waals surface area contributed by atoms with E-state index in [0.717, 1.165) is 37.8 Å². The number of nitrogens with zero attached hydrogens (tertiary/aromatic N) is 1. The number of hydrogen-bond donors (Lipinski definition) is 1. The molecular formula is C15H19NO2. The fourth-order valence-electron chi connectivity index (χ4n) is 3.03. The summed E-state index contributed by atoms with van der Waals surface area (Å²) in [7, 11) is 0. The van der Waals surface area contributed by atoms with Gasteiger partial charge in [-0.1, -0.05) is 6.07 Å². The zero-order valence-electron chi connectivity index (χ0n) is 10.6. The number of benzene rings is 1. The summed E-state index contributed by atoms with van der Waals surface area (Å²) < 4.78 is 0. The Kier molecular flexibility index (Phi) is 3.08. The molecule has 1 heterocycles. The third-order valence-corrected chi connectivity index (χ3v) is 4.03. The van der Waals surface area contributed by atoms with Gasteiger partial charge in [-0.2, -0.15) is 0 Å². The Labute approximate surface area is 107 Å². The van der Waals surface area contributed by atoms with Gasteiger partial charge in [-0.25, -0.2) is 0 Å². The third-order valence-electron chi connectivity index (χ3n) is 4.03. The number of carbonyl (C=O) groups excluding carboxylic acids is 1. The van der Waals surface area contributed by atoms with Crippen LogP contribution in [0.15, 0.2) is 18.2 Å². The number of rotatable bonds is 1. The molecule has 1 atom stereocenters. The lowest BCUT2D eigenvalue weighted by atomic mass is 10.0. The Bertz CT molecular complexity index is 470. The molecular weight excluding hydrogens is 226 g/mol. The Balaban J connectivity index is 1.79. The molecule has 1 aromatic rings. The summed E-state index contributed by atoms with van der Waals surface area (Å²) in [6.45, 7) is 1.25. The first-order chi connectivity index (χ1) is 8.74. The lowest BCUT2D eigenvalue weighted by molar-refractivity contribution is 0.0473. The van der Waals surface area contributed by atoms with Gasteiger partial charge in [0.25, 0.3) is 5.91 Å². The number of carbonyl (C=O) groups is 1. The van der Waals surface area contributed by atoms with E-state index in [1.807, 2.05) is 12.1 Å². The molecule has 96 valence electrons. The zero-order chi connectivity index (χ0) is 12.5. The minimum Gasteiger partial charge on any atom is -0.391 e. The van der Waals surface area contributed by atoms with Crippen molar-refractivity contribution in [3.8, 4) is 0 Å². The van der Waals surface area contributed by atoms with E-state index >= 15 is 0 Å². The molecule has 0 bridgehead atoms. The van der Waals surface area contributed by atoms with Crippen LogP contribution in [-0.2, 0) is 12.8 Å². The number of β-amino-alcohol motifs (C(OH)–C–C–N with tert-alkyl or cyclic N) is 1. The van der Waals surface area contributed by atoms with E-state index in [2.05, 4.69) is 6.07 Å². The molecule has 1 aliphatic heterocycles. The number of aliphatic hydroxyl groups is 1. The fourth-order valence-corrected chi connectivity index (χ4v) is 3.03. The predicted octanol–water partition coefficient (Wildman–Crippen LogP) is 1.77. The number of amides is 1. The third kappa shape index (κ3) is 2.15. The first-order valence-corrected chi connectivity index (χ1v) is 6.83. The maximum Gasteiger partial charge on any atom is 0.253 e. The summed E-state index contributed by atoms with van der Waals surface area (Å²) >= 11 is 0. The minimum atomic E-state index is -0.350. The van der Waals surface area contributed by atoms with Gasteiger partial charge in [-0.05, 0) is 55.4 Å². The van der Waals surface area contributed by atoms with Gasteiger partial charge >= 0.3 is 0 Å². The molecule has 1 fully saturated rings. The summed E-state index contributed by atoms with van der Waals surface area (Å²) in [5.74, 6) is 0.0726. The molecule has 1 aromatic carbocycles. The van der Waals surface area contributed by atoms with Crippen LogP contribution in [0.4, 0.5) is 0 Å². The van der Waals surface area contributed by atoms with Crippen molar-refractivity contribution in [2.75, 3.05) is 13.1 Å². The molecule has 1 unspecified atom stereocenters. The average molecular weight is 245 g/mol. The quantitative estimate of drug-likeness (QED) is 0.819. The highest BCUT2D eigenvalue weighted by molar-refractivity contribution is 5.94. The summed E-state index contributed by atoms with van der Waals surface area (Å²) in [5, 5.41) is 9.64. The van der Waals surface area contributed by atoms with E-state index in [1.54, 1.807) is 4.90 Å². The second-order valence-electron chi connectivity index (χ2n) is 5.38. The molecule has 3 heteroatoms. The van der Waals surface area contributed by atoms with Gasteiger partial charge < -0.3 is 10.0 Å². The van der Waals surface area contributed by atoms with Crippen molar-refractivity contribution in [1.82, 2.24) is 4.90 Å². The van der Waals surface area contributed by atoms with Gasteiger partial charge in [0.2, 0.25) is 0 Å². The highest BCUT2D eigenvalue weighted by Gasteiger charge is 2.23. The summed E-state index contributed by atoms with van der Waals surface area (Å²) in [4.78, 5) is 14.1.